The fourth-order valence-corrected chi connectivity index (χ4v) is 4.31. The first-order valence-electron chi connectivity index (χ1n) is 8.52. The molecule has 2 unspecified atom stereocenters. The summed E-state index contributed by atoms with van der Waals surface area (Å²) in [6.07, 6.45) is 8.57. The molecule has 0 aliphatic carbocycles. The van der Waals surface area contributed by atoms with Crippen molar-refractivity contribution in [2.75, 3.05) is 39.3 Å². The minimum atomic E-state index is 0.780. The Morgan fingerprint density at radius 1 is 1.11 bits per heavy atom. The van der Waals surface area contributed by atoms with Crippen LogP contribution in [0.3, 0.4) is 0 Å². The van der Waals surface area contributed by atoms with Crippen molar-refractivity contribution in [3.63, 3.8) is 0 Å². The number of nitrogens with zero attached hydrogens (tertiary/aromatic N) is 2. The third-order valence-corrected chi connectivity index (χ3v) is 5.58. The van der Waals surface area contributed by atoms with Gasteiger partial charge in [0.25, 0.3) is 0 Å². The molecule has 0 aromatic carbocycles. The van der Waals surface area contributed by atoms with Gasteiger partial charge in [-0.1, -0.05) is 0 Å². The van der Waals surface area contributed by atoms with Crippen molar-refractivity contribution in [1.82, 2.24) is 15.1 Å². The molecule has 1 N–H and O–H groups in total. The molecule has 0 saturated carbocycles. The summed E-state index contributed by atoms with van der Waals surface area (Å²) in [6, 6.07) is 1.66. The van der Waals surface area contributed by atoms with Gasteiger partial charge in [-0.05, 0) is 77.5 Å². The van der Waals surface area contributed by atoms with Crippen molar-refractivity contribution in [3.05, 3.63) is 0 Å². The highest BCUT2D eigenvalue weighted by atomic mass is 15.3. The van der Waals surface area contributed by atoms with E-state index in [0.717, 1.165) is 18.0 Å². The summed E-state index contributed by atoms with van der Waals surface area (Å²) in [7, 11) is 0. The second kappa shape index (κ2) is 6.55. The standard InChI is InChI=1S/C16H31N3/c1-14-12-19-11-3-5-16(19)13-18(14)10-2-4-15-6-8-17-9-7-15/h14-17H,2-13H2,1H3. The molecule has 3 saturated heterocycles. The summed E-state index contributed by atoms with van der Waals surface area (Å²) in [5.74, 6) is 1.00. The highest BCUT2D eigenvalue weighted by Gasteiger charge is 2.33. The van der Waals surface area contributed by atoms with Gasteiger partial charge in [-0.25, -0.2) is 0 Å². The lowest BCUT2D eigenvalue weighted by molar-refractivity contribution is 0.0572. The highest BCUT2D eigenvalue weighted by Crippen LogP contribution is 2.25. The van der Waals surface area contributed by atoms with E-state index in [1.807, 2.05) is 0 Å². The van der Waals surface area contributed by atoms with Gasteiger partial charge in [0.05, 0.1) is 0 Å². The summed E-state index contributed by atoms with van der Waals surface area (Å²) in [5.41, 5.74) is 0. The lowest BCUT2D eigenvalue weighted by Gasteiger charge is -2.42. The quantitative estimate of drug-likeness (QED) is 0.838. The Hall–Kier alpha value is -0.120. The Bertz CT molecular complexity index is 275. The Kier molecular flexibility index (Phi) is 4.78. The first kappa shape index (κ1) is 13.8. The SMILES string of the molecule is CC1CN2CCCC2CN1CCCC1CCNCC1. The predicted octanol–water partition coefficient (Wildman–Crippen LogP) is 1.93. The number of hydrogen-bond acceptors (Lipinski definition) is 3. The van der Waals surface area contributed by atoms with Crippen LogP contribution in [-0.2, 0) is 0 Å². The van der Waals surface area contributed by atoms with Crippen molar-refractivity contribution in [2.24, 2.45) is 5.92 Å². The molecule has 0 radical (unpaired) electrons. The predicted molar refractivity (Wildman–Crippen MR) is 80.5 cm³/mol. The van der Waals surface area contributed by atoms with Gasteiger partial charge in [0.15, 0.2) is 0 Å². The number of nitrogens with one attached hydrogen (secondary N) is 1. The smallest absolute Gasteiger partial charge is 0.0224 e. The molecule has 3 heteroatoms. The van der Waals surface area contributed by atoms with Gasteiger partial charge in [-0.3, -0.25) is 9.80 Å². The van der Waals surface area contributed by atoms with E-state index in [9.17, 15) is 0 Å². The molecule has 0 amide bonds. The van der Waals surface area contributed by atoms with Crippen molar-refractivity contribution >= 4 is 0 Å². The maximum atomic E-state index is 3.47. The van der Waals surface area contributed by atoms with E-state index in [4.69, 9.17) is 0 Å². The Balaban J connectivity index is 1.39. The zero-order valence-electron chi connectivity index (χ0n) is 12.6. The molecule has 0 spiro atoms. The average molecular weight is 265 g/mol. The largest absolute Gasteiger partial charge is 0.317 e. The van der Waals surface area contributed by atoms with E-state index in [0.29, 0.717) is 0 Å². The first-order valence-corrected chi connectivity index (χ1v) is 8.52. The molecule has 0 bridgehead atoms. The number of piperazine rings is 1. The van der Waals surface area contributed by atoms with Crippen LogP contribution in [0, 0.1) is 5.92 Å². The van der Waals surface area contributed by atoms with Crippen LogP contribution in [0.25, 0.3) is 0 Å². The van der Waals surface area contributed by atoms with Gasteiger partial charge in [0.1, 0.15) is 0 Å². The molecule has 0 aromatic rings. The fraction of sp³-hybridized carbons (Fsp3) is 1.00. The molecule has 3 rings (SSSR count). The van der Waals surface area contributed by atoms with Crippen LogP contribution in [-0.4, -0.2) is 61.2 Å². The second-order valence-electron chi connectivity index (χ2n) is 6.97. The van der Waals surface area contributed by atoms with Crippen molar-refractivity contribution in [1.29, 1.82) is 0 Å². The van der Waals surface area contributed by atoms with Crippen LogP contribution in [0.15, 0.2) is 0 Å². The lowest BCUT2D eigenvalue weighted by atomic mass is 9.93. The Morgan fingerprint density at radius 2 is 1.95 bits per heavy atom. The third-order valence-electron chi connectivity index (χ3n) is 5.58. The molecule has 3 nitrogen and oxygen atoms in total. The summed E-state index contributed by atoms with van der Waals surface area (Å²) < 4.78 is 0. The molecule has 3 heterocycles. The normalized spacial score (nSPS) is 34.6. The van der Waals surface area contributed by atoms with Gasteiger partial charge < -0.3 is 5.32 Å². The number of fused-ring (bicyclic) bond motifs is 1. The monoisotopic (exact) mass is 265 g/mol. The van der Waals surface area contributed by atoms with Gasteiger partial charge in [0, 0.05) is 25.2 Å². The number of piperidine rings is 1. The number of rotatable bonds is 4. The minimum Gasteiger partial charge on any atom is -0.317 e. The maximum absolute atomic E-state index is 3.47. The van der Waals surface area contributed by atoms with Crippen molar-refractivity contribution in [2.45, 2.75) is 57.5 Å². The molecule has 19 heavy (non-hydrogen) atoms. The van der Waals surface area contributed by atoms with E-state index in [2.05, 4.69) is 22.0 Å². The van der Waals surface area contributed by atoms with E-state index >= 15 is 0 Å². The fourth-order valence-electron chi connectivity index (χ4n) is 4.31. The highest BCUT2D eigenvalue weighted by molar-refractivity contribution is 4.90. The average Bonchev–Trinajstić information content (AvgIpc) is 2.87. The van der Waals surface area contributed by atoms with Gasteiger partial charge in [0.2, 0.25) is 0 Å². The van der Waals surface area contributed by atoms with Gasteiger partial charge in [-0.15, -0.1) is 0 Å². The van der Waals surface area contributed by atoms with E-state index in [1.54, 1.807) is 0 Å². The molecular weight excluding hydrogens is 234 g/mol. The molecule has 2 atom stereocenters. The summed E-state index contributed by atoms with van der Waals surface area (Å²) in [5, 5.41) is 3.47. The molecule has 3 aliphatic rings. The zero-order chi connectivity index (χ0) is 13.1. The zero-order valence-corrected chi connectivity index (χ0v) is 12.6. The van der Waals surface area contributed by atoms with Gasteiger partial charge in [-0.2, -0.15) is 0 Å². The molecule has 3 fully saturated rings. The second-order valence-corrected chi connectivity index (χ2v) is 6.97. The Morgan fingerprint density at radius 3 is 2.79 bits per heavy atom. The summed E-state index contributed by atoms with van der Waals surface area (Å²) in [4.78, 5) is 5.50. The van der Waals surface area contributed by atoms with Crippen LogP contribution in [0.1, 0.15) is 45.4 Å². The molecule has 3 aliphatic heterocycles. The lowest BCUT2D eigenvalue weighted by Crippen LogP contribution is -2.55. The van der Waals surface area contributed by atoms with Crippen LogP contribution >= 0.6 is 0 Å². The van der Waals surface area contributed by atoms with Crippen LogP contribution in [0.2, 0.25) is 0 Å². The van der Waals surface area contributed by atoms with Crippen molar-refractivity contribution < 1.29 is 0 Å². The van der Waals surface area contributed by atoms with Crippen LogP contribution < -0.4 is 5.32 Å². The Labute approximate surface area is 118 Å². The molecule has 0 aromatic heterocycles. The number of hydrogen-bond donors (Lipinski definition) is 1. The topological polar surface area (TPSA) is 18.5 Å². The van der Waals surface area contributed by atoms with E-state index in [-0.39, 0.29) is 0 Å². The maximum Gasteiger partial charge on any atom is 0.0224 e. The van der Waals surface area contributed by atoms with E-state index in [1.165, 1.54) is 77.8 Å². The molecule has 110 valence electrons. The van der Waals surface area contributed by atoms with Crippen LogP contribution in [0.4, 0.5) is 0 Å². The van der Waals surface area contributed by atoms with Crippen LogP contribution in [0.5, 0.6) is 0 Å². The van der Waals surface area contributed by atoms with Crippen molar-refractivity contribution in [3.8, 4) is 0 Å². The third kappa shape index (κ3) is 3.50. The first-order chi connectivity index (χ1) is 9.33. The summed E-state index contributed by atoms with van der Waals surface area (Å²) in [6.45, 7) is 10.3. The van der Waals surface area contributed by atoms with Gasteiger partial charge >= 0.3 is 0 Å². The molecular formula is C16H31N3. The summed E-state index contributed by atoms with van der Waals surface area (Å²) >= 11 is 0. The van der Waals surface area contributed by atoms with E-state index < -0.39 is 0 Å². The minimum absolute atomic E-state index is 0.780.